The molecule has 3 aromatic carbocycles. The van der Waals surface area contributed by atoms with Gasteiger partial charge in [0.25, 0.3) is 0 Å². The normalized spacial score (nSPS) is 22.7. The first kappa shape index (κ1) is 30.0. The number of nitrogens with zero attached hydrogens (tertiary/aromatic N) is 2. The molecule has 0 radical (unpaired) electrons. The summed E-state index contributed by atoms with van der Waals surface area (Å²) in [6, 6.07) is 28.0. The average Bonchev–Trinajstić information content (AvgIpc) is 3.60. The van der Waals surface area contributed by atoms with Gasteiger partial charge in [-0.15, -0.1) is 0 Å². The van der Waals surface area contributed by atoms with Crippen molar-refractivity contribution in [2.75, 3.05) is 16.8 Å². The Morgan fingerprint density at radius 1 is 0.978 bits per heavy atom. The third kappa shape index (κ3) is 5.72. The number of nitrogens with one attached hydrogen (secondary N) is 1. The van der Waals surface area contributed by atoms with E-state index in [-0.39, 0.29) is 35.5 Å². The Labute approximate surface area is 273 Å². The van der Waals surface area contributed by atoms with Crippen molar-refractivity contribution in [2.45, 2.75) is 32.3 Å². The van der Waals surface area contributed by atoms with E-state index >= 15 is 0 Å². The first-order valence-corrected chi connectivity index (χ1v) is 16.0. The molecule has 46 heavy (non-hydrogen) atoms. The second-order valence-corrected chi connectivity index (χ2v) is 12.6. The van der Waals surface area contributed by atoms with Crippen LogP contribution < -0.4 is 10.2 Å². The fraction of sp³-hybridized carbons (Fsp3) is 0.237. The van der Waals surface area contributed by atoms with E-state index in [2.05, 4.69) is 17.2 Å². The molecule has 8 heteroatoms. The number of rotatable bonds is 8. The Morgan fingerprint density at radius 2 is 1.74 bits per heavy atom. The second kappa shape index (κ2) is 12.6. The molecular formula is C38H34ClN3O4. The summed E-state index contributed by atoms with van der Waals surface area (Å²) in [6.45, 7) is 2.49. The summed E-state index contributed by atoms with van der Waals surface area (Å²) in [4.78, 5) is 33.6. The maximum absolute atomic E-state index is 14.0. The van der Waals surface area contributed by atoms with Gasteiger partial charge in [0.15, 0.2) is 0 Å². The summed E-state index contributed by atoms with van der Waals surface area (Å²) in [5, 5.41) is 13.6. The SMILES string of the molecule is CC1=C2[C@@H](CC/C(=C/c3ccc(O)cc3Cl)c3ccccn3)OC[C@@H]2[C@@H]2C(=O)N(c3ccc(Nc4ccccc4)cc3)C(=O)[C@@H]2C1. The summed E-state index contributed by atoms with van der Waals surface area (Å²) >= 11 is 6.45. The van der Waals surface area contributed by atoms with Crippen LogP contribution in [0, 0.1) is 17.8 Å². The number of anilines is 3. The average molecular weight is 632 g/mol. The van der Waals surface area contributed by atoms with Gasteiger partial charge in [0.2, 0.25) is 11.8 Å². The molecule has 2 amide bonds. The minimum absolute atomic E-state index is 0.112. The van der Waals surface area contributed by atoms with Crippen molar-refractivity contribution < 1.29 is 19.4 Å². The number of amides is 2. The highest BCUT2D eigenvalue weighted by Gasteiger charge is 2.56. The molecule has 2 saturated heterocycles. The molecular weight excluding hydrogens is 598 g/mol. The van der Waals surface area contributed by atoms with Crippen LogP contribution in [0.3, 0.4) is 0 Å². The van der Waals surface area contributed by atoms with Gasteiger partial charge in [-0.25, -0.2) is 0 Å². The van der Waals surface area contributed by atoms with Crippen molar-refractivity contribution in [3.8, 4) is 5.75 Å². The lowest BCUT2D eigenvalue weighted by Gasteiger charge is -2.30. The molecule has 3 aliphatic rings. The van der Waals surface area contributed by atoms with Gasteiger partial charge in [0.1, 0.15) is 5.75 Å². The zero-order chi connectivity index (χ0) is 31.8. The quantitative estimate of drug-likeness (QED) is 0.151. The lowest BCUT2D eigenvalue weighted by molar-refractivity contribution is -0.122. The number of aromatic hydroxyl groups is 1. The molecule has 232 valence electrons. The number of carbonyl (C=O) groups excluding carboxylic acids is 2. The third-order valence-electron chi connectivity index (χ3n) is 9.32. The number of phenolic OH excluding ortho intramolecular Hbond substituents is 1. The highest BCUT2D eigenvalue weighted by atomic mass is 35.5. The zero-order valence-corrected chi connectivity index (χ0v) is 26.2. The number of benzene rings is 3. The molecule has 2 N–H and O–H groups in total. The lowest BCUT2D eigenvalue weighted by atomic mass is 9.70. The zero-order valence-electron chi connectivity index (χ0n) is 25.4. The Kier molecular flexibility index (Phi) is 8.20. The summed E-state index contributed by atoms with van der Waals surface area (Å²) in [5.41, 5.74) is 7.37. The molecule has 4 aromatic rings. The molecule has 0 spiro atoms. The maximum Gasteiger partial charge on any atom is 0.238 e. The minimum atomic E-state index is -0.431. The van der Waals surface area contributed by atoms with Gasteiger partial charge < -0.3 is 15.2 Å². The molecule has 2 aliphatic heterocycles. The van der Waals surface area contributed by atoms with E-state index in [1.54, 1.807) is 18.3 Å². The number of imide groups is 1. The van der Waals surface area contributed by atoms with Gasteiger partial charge in [0, 0.05) is 23.5 Å². The van der Waals surface area contributed by atoms with Crippen molar-refractivity contribution in [1.29, 1.82) is 0 Å². The van der Waals surface area contributed by atoms with Crippen LogP contribution >= 0.6 is 11.6 Å². The number of carbonyl (C=O) groups is 2. The topological polar surface area (TPSA) is 91.8 Å². The number of para-hydroxylation sites is 1. The van der Waals surface area contributed by atoms with Crippen molar-refractivity contribution in [1.82, 2.24) is 4.98 Å². The molecule has 1 aromatic heterocycles. The Hall–Kier alpha value is -4.72. The van der Waals surface area contributed by atoms with Gasteiger partial charge in [-0.3, -0.25) is 19.5 Å². The number of hydrogen-bond donors (Lipinski definition) is 2. The molecule has 3 heterocycles. The van der Waals surface area contributed by atoms with E-state index in [1.165, 1.54) is 11.0 Å². The van der Waals surface area contributed by atoms with Crippen LogP contribution in [0.4, 0.5) is 17.1 Å². The van der Waals surface area contributed by atoms with Crippen LogP contribution in [0.1, 0.15) is 37.4 Å². The fourth-order valence-electron chi connectivity index (χ4n) is 7.20. The smallest absolute Gasteiger partial charge is 0.238 e. The predicted octanol–water partition coefficient (Wildman–Crippen LogP) is 8.05. The van der Waals surface area contributed by atoms with E-state index in [1.807, 2.05) is 78.9 Å². The van der Waals surface area contributed by atoms with Crippen LogP contribution in [0.2, 0.25) is 5.02 Å². The Bertz CT molecular complexity index is 1840. The van der Waals surface area contributed by atoms with Crippen molar-refractivity contribution in [2.24, 2.45) is 17.8 Å². The van der Waals surface area contributed by atoms with Crippen LogP contribution in [-0.4, -0.2) is 34.6 Å². The highest BCUT2D eigenvalue weighted by Crippen LogP contribution is 2.50. The van der Waals surface area contributed by atoms with E-state index in [9.17, 15) is 14.7 Å². The molecule has 1 aliphatic carbocycles. The number of phenols is 1. The minimum Gasteiger partial charge on any atom is -0.508 e. The molecule has 7 nitrogen and oxygen atoms in total. The summed E-state index contributed by atoms with van der Waals surface area (Å²) in [5.74, 6) is -1.11. The van der Waals surface area contributed by atoms with E-state index in [4.69, 9.17) is 16.3 Å². The first-order chi connectivity index (χ1) is 22.4. The number of halogens is 1. The predicted molar refractivity (Wildman–Crippen MR) is 181 cm³/mol. The van der Waals surface area contributed by atoms with Crippen LogP contribution in [0.15, 0.2) is 108 Å². The van der Waals surface area contributed by atoms with Gasteiger partial charge >= 0.3 is 0 Å². The lowest BCUT2D eigenvalue weighted by Crippen LogP contribution is -2.34. The highest BCUT2D eigenvalue weighted by molar-refractivity contribution is 6.32. The Morgan fingerprint density at radius 3 is 2.48 bits per heavy atom. The van der Waals surface area contributed by atoms with Gasteiger partial charge in [-0.2, -0.15) is 0 Å². The van der Waals surface area contributed by atoms with Crippen molar-refractivity contribution in [3.05, 3.63) is 125 Å². The largest absolute Gasteiger partial charge is 0.508 e. The van der Waals surface area contributed by atoms with Crippen molar-refractivity contribution in [3.63, 3.8) is 0 Å². The van der Waals surface area contributed by atoms with Gasteiger partial charge in [-0.1, -0.05) is 41.4 Å². The number of allylic oxidation sites excluding steroid dienone is 2. The number of fused-ring (bicyclic) bond motifs is 3. The maximum atomic E-state index is 14.0. The summed E-state index contributed by atoms with van der Waals surface area (Å²) in [7, 11) is 0. The van der Waals surface area contributed by atoms with Crippen molar-refractivity contribution >= 4 is 52.1 Å². The number of aromatic nitrogens is 1. The fourth-order valence-corrected chi connectivity index (χ4v) is 7.43. The van der Waals surface area contributed by atoms with E-state index in [0.29, 0.717) is 36.6 Å². The molecule has 2 fully saturated rings. The molecule has 0 saturated carbocycles. The molecule has 4 atom stereocenters. The van der Waals surface area contributed by atoms with Crippen LogP contribution in [-0.2, 0) is 14.3 Å². The number of pyridine rings is 1. The second-order valence-electron chi connectivity index (χ2n) is 12.2. The monoisotopic (exact) mass is 631 g/mol. The molecule has 0 unspecified atom stereocenters. The summed E-state index contributed by atoms with van der Waals surface area (Å²) < 4.78 is 6.40. The number of ether oxygens (including phenoxy) is 1. The first-order valence-electron chi connectivity index (χ1n) is 15.6. The number of hydrogen-bond acceptors (Lipinski definition) is 6. The molecule has 0 bridgehead atoms. The van der Waals surface area contributed by atoms with Crippen LogP contribution in [0.5, 0.6) is 5.75 Å². The molecule has 7 rings (SSSR count). The summed E-state index contributed by atoms with van der Waals surface area (Å²) in [6.07, 6.45) is 5.52. The van der Waals surface area contributed by atoms with Gasteiger partial charge in [0.05, 0.1) is 41.0 Å². The standard InChI is InChI=1S/C38H34ClN3O4/c1-23-19-30-36(38(45)42(37(30)44)28-14-12-27(13-15-28)41-26-7-3-2-4-8-26)31-22-46-34(35(23)31)17-11-25(33-9-5-6-18-40-33)20-24-10-16-29(43)21-32(24)39/h2-10,12-16,18,20-21,30-31,34,36,41,43H,11,17,19,22H2,1H3/b25-20-/t30-,31+,34-,36-/m1/s1. The third-order valence-corrected chi connectivity index (χ3v) is 9.65. The van der Waals surface area contributed by atoms with Gasteiger partial charge in [-0.05, 0) is 116 Å². The van der Waals surface area contributed by atoms with E-state index < -0.39 is 5.92 Å². The van der Waals surface area contributed by atoms with Crippen LogP contribution in [0.25, 0.3) is 11.6 Å². The van der Waals surface area contributed by atoms with E-state index in [0.717, 1.165) is 39.4 Å². The Balaban J connectivity index is 1.09.